The highest BCUT2D eigenvalue weighted by Crippen LogP contribution is 2.31. The summed E-state index contributed by atoms with van der Waals surface area (Å²) < 4.78 is 1.97. The first kappa shape index (κ1) is 18.8. The molecule has 1 amide bonds. The second kappa shape index (κ2) is 7.83. The molecule has 4 aromatic rings. The molecule has 4 rings (SSSR count). The van der Waals surface area contributed by atoms with Crippen molar-refractivity contribution in [3.63, 3.8) is 0 Å². The van der Waals surface area contributed by atoms with E-state index < -0.39 is 0 Å². The van der Waals surface area contributed by atoms with E-state index in [4.69, 9.17) is 0 Å². The molecule has 1 unspecified atom stereocenters. The van der Waals surface area contributed by atoms with Gasteiger partial charge in [0.1, 0.15) is 6.33 Å². The molecule has 0 spiro atoms. The van der Waals surface area contributed by atoms with Crippen LogP contribution in [0.25, 0.3) is 21.9 Å². The highest BCUT2D eigenvalue weighted by Gasteiger charge is 2.19. The first-order valence-corrected chi connectivity index (χ1v) is 9.68. The average Bonchev–Trinajstić information content (AvgIpc) is 3.24. The Morgan fingerprint density at radius 2 is 1.69 bits per heavy atom. The van der Waals surface area contributed by atoms with Crippen molar-refractivity contribution in [1.82, 2.24) is 25.1 Å². The van der Waals surface area contributed by atoms with Crippen LogP contribution in [0.1, 0.15) is 49.0 Å². The van der Waals surface area contributed by atoms with Gasteiger partial charge in [0.2, 0.25) is 0 Å². The number of benzene rings is 2. The Kier molecular flexibility index (Phi) is 5.08. The van der Waals surface area contributed by atoms with Crippen molar-refractivity contribution in [2.45, 2.75) is 32.9 Å². The molecule has 2 heterocycles. The second-order valence-electron chi connectivity index (χ2n) is 7.33. The number of hydrogen-bond donors (Lipinski definition) is 1. The molecule has 0 aliphatic carbocycles. The molecular weight excluding hydrogens is 362 g/mol. The van der Waals surface area contributed by atoms with Crippen LogP contribution in [-0.4, -0.2) is 25.7 Å². The molecule has 0 radical (unpaired) electrons. The SMILES string of the molecule is CC(NC(=O)c1ccc(-c2ccncc2)c2ccccc12)c1nncn1C(C)C. The Morgan fingerprint density at radius 1 is 0.966 bits per heavy atom. The van der Waals surface area contributed by atoms with Gasteiger partial charge >= 0.3 is 0 Å². The van der Waals surface area contributed by atoms with Crippen LogP contribution >= 0.6 is 0 Å². The van der Waals surface area contributed by atoms with Crippen LogP contribution in [0.5, 0.6) is 0 Å². The average molecular weight is 385 g/mol. The summed E-state index contributed by atoms with van der Waals surface area (Å²) in [6.45, 7) is 6.05. The fraction of sp³-hybridized carbons (Fsp3) is 0.217. The normalized spacial score (nSPS) is 12.3. The zero-order chi connectivity index (χ0) is 20.4. The minimum Gasteiger partial charge on any atom is -0.342 e. The monoisotopic (exact) mass is 385 g/mol. The predicted molar refractivity (Wildman–Crippen MR) is 113 cm³/mol. The van der Waals surface area contributed by atoms with E-state index in [0.717, 1.165) is 27.7 Å². The summed E-state index contributed by atoms with van der Waals surface area (Å²) in [5, 5.41) is 13.2. The molecule has 0 saturated carbocycles. The van der Waals surface area contributed by atoms with Crippen molar-refractivity contribution < 1.29 is 4.79 Å². The van der Waals surface area contributed by atoms with Crippen LogP contribution in [-0.2, 0) is 0 Å². The molecule has 1 N–H and O–H groups in total. The van der Waals surface area contributed by atoms with E-state index in [9.17, 15) is 4.79 Å². The number of nitrogens with zero attached hydrogens (tertiary/aromatic N) is 4. The highest BCUT2D eigenvalue weighted by molar-refractivity contribution is 6.11. The first-order chi connectivity index (χ1) is 14.1. The number of carbonyl (C=O) groups is 1. The maximum Gasteiger partial charge on any atom is 0.252 e. The third kappa shape index (κ3) is 3.61. The summed E-state index contributed by atoms with van der Waals surface area (Å²) in [4.78, 5) is 17.2. The molecule has 0 fully saturated rings. The van der Waals surface area contributed by atoms with Crippen LogP contribution in [0.3, 0.4) is 0 Å². The third-order valence-electron chi connectivity index (χ3n) is 5.05. The van der Waals surface area contributed by atoms with Crippen molar-refractivity contribution in [2.75, 3.05) is 0 Å². The van der Waals surface area contributed by atoms with Crippen LogP contribution in [0.4, 0.5) is 0 Å². The van der Waals surface area contributed by atoms with E-state index in [-0.39, 0.29) is 18.0 Å². The van der Waals surface area contributed by atoms with E-state index in [1.807, 2.05) is 60.0 Å². The lowest BCUT2D eigenvalue weighted by Gasteiger charge is -2.18. The molecule has 2 aromatic carbocycles. The molecule has 0 bridgehead atoms. The van der Waals surface area contributed by atoms with Crippen molar-refractivity contribution >= 4 is 16.7 Å². The summed E-state index contributed by atoms with van der Waals surface area (Å²) >= 11 is 0. The van der Waals surface area contributed by atoms with Crippen LogP contribution in [0.15, 0.2) is 67.3 Å². The summed E-state index contributed by atoms with van der Waals surface area (Å²) in [5.41, 5.74) is 2.79. The summed E-state index contributed by atoms with van der Waals surface area (Å²) in [6.07, 6.45) is 5.25. The van der Waals surface area contributed by atoms with Crippen LogP contribution in [0, 0.1) is 0 Å². The quantitative estimate of drug-likeness (QED) is 0.546. The van der Waals surface area contributed by atoms with Gasteiger partial charge in [-0.1, -0.05) is 30.3 Å². The van der Waals surface area contributed by atoms with Crippen molar-refractivity contribution in [3.05, 3.63) is 78.6 Å². The highest BCUT2D eigenvalue weighted by atomic mass is 16.1. The summed E-state index contributed by atoms with van der Waals surface area (Å²) in [7, 11) is 0. The molecule has 0 aliphatic rings. The van der Waals surface area contributed by atoms with Crippen molar-refractivity contribution in [3.8, 4) is 11.1 Å². The lowest BCUT2D eigenvalue weighted by molar-refractivity contribution is 0.0939. The Hall–Kier alpha value is -3.54. The number of carbonyl (C=O) groups excluding carboxylic acids is 1. The number of fused-ring (bicyclic) bond motifs is 1. The fourth-order valence-corrected chi connectivity index (χ4v) is 3.58. The lowest BCUT2D eigenvalue weighted by atomic mass is 9.95. The standard InChI is InChI=1S/C23H23N5O/c1-15(2)28-14-25-27-22(28)16(3)26-23(29)21-9-8-18(17-10-12-24-13-11-17)19-6-4-5-7-20(19)21/h4-16H,1-3H3,(H,26,29). The molecular formula is C23H23N5O. The van der Waals surface area contributed by atoms with Gasteiger partial charge in [0.15, 0.2) is 5.82 Å². The molecule has 146 valence electrons. The summed E-state index contributed by atoms with van der Waals surface area (Å²) in [5.74, 6) is 0.611. The van der Waals surface area contributed by atoms with Gasteiger partial charge in [-0.3, -0.25) is 9.78 Å². The van der Waals surface area contributed by atoms with Gasteiger partial charge in [-0.15, -0.1) is 10.2 Å². The number of amides is 1. The van der Waals surface area contributed by atoms with E-state index >= 15 is 0 Å². The fourth-order valence-electron chi connectivity index (χ4n) is 3.58. The van der Waals surface area contributed by atoms with Gasteiger partial charge < -0.3 is 9.88 Å². The number of aromatic nitrogens is 4. The maximum absolute atomic E-state index is 13.1. The number of rotatable bonds is 5. The van der Waals surface area contributed by atoms with E-state index in [0.29, 0.717) is 5.56 Å². The summed E-state index contributed by atoms with van der Waals surface area (Å²) in [6, 6.07) is 15.8. The second-order valence-corrected chi connectivity index (χ2v) is 7.33. The van der Waals surface area contributed by atoms with E-state index in [2.05, 4.69) is 34.3 Å². The number of pyridine rings is 1. The smallest absolute Gasteiger partial charge is 0.252 e. The van der Waals surface area contributed by atoms with Gasteiger partial charge in [0.25, 0.3) is 5.91 Å². The largest absolute Gasteiger partial charge is 0.342 e. The van der Waals surface area contributed by atoms with Gasteiger partial charge in [-0.05, 0) is 60.9 Å². The maximum atomic E-state index is 13.1. The number of hydrogen-bond acceptors (Lipinski definition) is 4. The van der Waals surface area contributed by atoms with Crippen molar-refractivity contribution in [1.29, 1.82) is 0 Å². The lowest BCUT2D eigenvalue weighted by Crippen LogP contribution is -2.29. The first-order valence-electron chi connectivity index (χ1n) is 9.68. The molecule has 6 nitrogen and oxygen atoms in total. The van der Waals surface area contributed by atoms with E-state index in [1.165, 1.54) is 0 Å². The molecule has 6 heteroatoms. The molecule has 29 heavy (non-hydrogen) atoms. The molecule has 0 aliphatic heterocycles. The molecule has 1 atom stereocenters. The number of nitrogens with one attached hydrogen (secondary N) is 1. The third-order valence-corrected chi connectivity index (χ3v) is 5.05. The van der Waals surface area contributed by atoms with Gasteiger partial charge in [0, 0.05) is 24.0 Å². The minimum atomic E-state index is -0.258. The van der Waals surface area contributed by atoms with Crippen LogP contribution in [0.2, 0.25) is 0 Å². The Morgan fingerprint density at radius 3 is 2.41 bits per heavy atom. The van der Waals surface area contributed by atoms with Gasteiger partial charge in [-0.2, -0.15) is 0 Å². The Balaban J connectivity index is 1.69. The van der Waals surface area contributed by atoms with Crippen molar-refractivity contribution in [2.24, 2.45) is 0 Å². The topological polar surface area (TPSA) is 72.7 Å². The molecule has 2 aromatic heterocycles. The van der Waals surface area contributed by atoms with Crippen LogP contribution < -0.4 is 5.32 Å². The van der Waals surface area contributed by atoms with E-state index in [1.54, 1.807) is 18.7 Å². The Bertz CT molecular complexity index is 1150. The van der Waals surface area contributed by atoms with Gasteiger partial charge in [0.05, 0.1) is 6.04 Å². The minimum absolute atomic E-state index is 0.131. The van der Waals surface area contributed by atoms with Gasteiger partial charge in [-0.25, -0.2) is 0 Å². The zero-order valence-corrected chi connectivity index (χ0v) is 16.7. The molecule has 0 saturated heterocycles. The predicted octanol–water partition coefficient (Wildman–Crippen LogP) is 4.57. The zero-order valence-electron chi connectivity index (χ0n) is 16.7. The Labute approximate surface area is 169 Å².